The molecule has 0 bridgehead atoms. The smallest absolute Gasteiger partial charge is 0.409 e. The van der Waals surface area contributed by atoms with Crippen LogP contribution in [0.2, 0.25) is 0 Å². The number of thiazole rings is 1. The number of carbonyl (C=O) groups is 1. The Morgan fingerprint density at radius 2 is 2.03 bits per heavy atom. The Labute approximate surface area is 187 Å². The van der Waals surface area contributed by atoms with Gasteiger partial charge in [-0.05, 0) is 43.4 Å². The SMILES string of the molecule is CNc1nc([C@]2(C)CN(C(=O)OC)C[C@H]2c2ccc(OC)c(OC3CCCC3)c2)cs1. The molecule has 31 heavy (non-hydrogen) atoms. The summed E-state index contributed by atoms with van der Waals surface area (Å²) in [5.41, 5.74) is 1.74. The summed E-state index contributed by atoms with van der Waals surface area (Å²) in [6, 6.07) is 6.14. The number of nitrogens with zero attached hydrogens (tertiary/aromatic N) is 2. The molecule has 1 saturated heterocycles. The van der Waals surface area contributed by atoms with Gasteiger partial charge >= 0.3 is 6.09 Å². The molecule has 1 aromatic heterocycles. The molecule has 2 heterocycles. The molecule has 2 atom stereocenters. The van der Waals surface area contributed by atoms with Gasteiger partial charge in [-0.15, -0.1) is 11.3 Å². The third-order valence-electron chi connectivity index (χ3n) is 6.61. The molecule has 2 fully saturated rings. The van der Waals surface area contributed by atoms with Gasteiger partial charge in [0.1, 0.15) is 0 Å². The molecule has 1 aliphatic carbocycles. The van der Waals surface area contributed by atoms with Crippen LogP contribution >= 0.6 is 11.3 Å². The molecular formula is C23H31N3O4S. The molecule has 2 aliphatic rings. The van der Waals surface area contributed by atoms with Crippen molar-refractivity contribution in [2.75, 3.05) is 39.7 Å². The molecule has 0 spiro atoms. The van der Waals surface area contributed by atoms with Gasteiger partial charge in [-0.3, -0.25) is 0 Å². The zero-order valence-electron chi connectivity index (χ0n) is 18.6. The summed E-state index contributed by atoms with van der Waals surface area (Å²) in [4.78, 5) is 19.0. The molecule has 0 unspecified atom stereocenters. The lowest BCUT2D eigenvalue weighted by atomic mass is 9.74. The normalized spacial score (nSPS) is 23.7. The quantitative estimate of drug-likeness (QED) is 0.698. The molecule has 1 amide bonds. The number of aromatic nitrogens is 1. The Kier molecular flexibility index (Phi) is 6.27. The second-order valence-corrected chi connectivity index (χ2v) is 9.40. The predicted molar refractivity (Wildman–Crippen MR) is 122 cm³/mol. The van der Waals surface area contributed by atoms with Crippen LogP contribution in [0.3, 0.4) is 0 Å². The molecule has 8 heteroatoms. The average Bonchev–Trinajstić information content (AvgIpc) is 3.53. The van der Waals surface area contributed by atoms with Crippen LogP contribution in [-0.2, 0) is 10.2 Å². The van der Waals surface area contributed by atoms with Crippen molar-refractivity contribution in [1.29, 1.82) is 0 Å². The summed E-state index contributed by atoms with van der Waals surface area (Å²) < 4.78 is 16.9. The number of methoxy groups -OCH3 is 2. The van der Waals surface area contributed by atoms with Crippen LogP contribution in [0, 0.1) is 0 Å². The summed E-state index contributed by atoms with van der Waals surface area (Å²) in [6.45, 7) is 3.28. The first-order valence-electron chi connectivity index (χ1n) is 10.8. The lowest BCUT2D eigenvalue weighted by Gasteiger charge is -2.29. The van der Waals surface area contributed by atoms with Crippen molar-refractivity contribution in [2.45, 2.75) is 50.0 Å². The number of amides is 1. The van der Waals surface area contributed by atoms with Gasteiger partial charge in [0.2, 0.25) is 0 Å². The van der Waals surface area contributed by atoms with Gasteiger partial charge in [-0.1, -0.05) is 13.0 Å². The largest absolute Gasteiger partial charge is 0.493 e. The predicted octanol–water partition coefficient (Wildman–Crippen LogP) is 4.64. The molecule has 1 aromatic carbocycles. The summed E-state index contributed by atoms with van der Waals surface area (Å²) >= 11 is 1.58. The van der Waals surface area contributed by atoms with Gasteiger partial charge < -0.3 is 24.4 Å². The Morgan fingerprint density at radius 3 is 2.68 bits per heavy atom. The van der Waals surface area contributed by atoms with Crippen molar-refractivity contribution < 1.29 is 19.0 Å². The van der Waals surface area contributed by atoms with E-state index in [0.717, 1.165) is 40.7 Å². The van der Waals surface area contributed by atoms with Gasteiger partial charge in [0.05, 0.1) is 26.0 Å². The van der Waals surface area contributed by atoms with Crippen LogP contribution < -0.4 is 14.8 Å². The van der Waals surface area contributed by atoms with Crippen molar-refractivity contribution in [3.05, 3.63) is 34.8 Å². The summed E-state index contributed by atoms with van der Waals surface area (Å²) in [6.07, 6.45) is 4.50. The highest BCUT2D eigenvalue weighted by molar-refractivity contribution is 7.13. The van der Waals surface area contributed by atoms with E-state index in [0.29, 0.717) is 13.1 Å². The van der Waals surface area contributed by atoms with Gasteiger partial charge in [0.15, 0.2) is 16.6 Å². The molecular weight excluding hydrogens is 414 g/mol. The standard InChI is InChI=1S/C23H31N3O4S/c1-23(20-13-31-21(24-2)25-20)14-26(22(27)29-4)12-17(23)15-9-10-18(28-3)19(11-15)30-16-7-5-6-8-16/h9-11,13,16-17H,5-8,12,14H2,1-4H3,(H,24,25)/t17-,23+/m0/s1. The average molecular weight is 446 g/mol. The molecule has 1 N–H and O–H groups in total. The number of ether oxygens (including phenoxy) is 3. The summed E-state index contributed by atoms with van der Waals surface area (Å²) in [5, 5.41) is 6.07. The number of likely N-dealkylation sites (tertiary alicyclic amines) is 1. The van der Waals surface area contributed by atoms with Crippen molar-refractivity contribution in [3.63, 3.8) is 0 Å². The van der Waals surface area contributed by atoms with E-state index in [1.807, 2.05) is 13.1 Å². The number of hydrogen-bond donors (Lipinski definition) is 1. The zero-order chi connectivity index (χ0) is 22.0. The van der Waals surface area contributed by atoms with Gasteiger partial charge in [0, 0.05) is 36.9 Å². The van der Waals surface area contributed by atoms with Crippen LogP contribution in [0.1, 0.15) is 49.8 Å². The van der Waals surface area contributed by atoms with Crippen molar-refractivity contribution >= 4 is 22.6 Å². The van der Waals surface area contributed by atoms with E-state index >= 15 is 0 Å². The maximum absolute atomic E-state index is 12.4. The van der Waals surface area contributed by atoms with E-state index in [2.05, 4.69) is 29.8 Å². The molecule has 4 rings (SSSR count). The first-order valence-corrected chi connectivity index (χ1v) is 11.7. The first kappa shape index (κ1) is 21.7. The summed E-state index contributed by atoms with van der Waals surface area (Å²) in [7, 11) is 4.97. The van der Waals surface area contributed by atoms with Gasteiger partial charge in [-0.25, -0.2) is 9.78 Å². The minimum Gasteiger partial charge on any atom is -0.493 e. The van der Waals surface area contributed by atoms with E-state index in [1.165, 1.54) is 20.0 Å². The van der Waals surface area contributed by atoms with Crippen molar-refractivity contribution in [1.82, 2.24) is 9.88 Å². The van der Waals surface area contributed by atoms with Gasteiger partial charge in [0.25, 0.3) is 0 Å². The van der Waals surface area contributed by atoms with E-state index in [4.69, 9.17) is 19.2 Å². The third-order valence-corrected chi connectivity index (χ3v) is 7.47. The van der Waals surface area contributed by atoms with E-state index in [9.17, 15) is 4.79 Å². The molecule has 168 valence electrons. The number of hydrogen-bond acceptors (Lipinski definition) is 7. The fourth-order valence-corrected chi connectivity index (χ4v) is 5.65. The maximum Gasteiger partial charge on any atom is 0.409 e. The summed E-state index contributed by atoms with van der Waals surface area (Å²) in [5.74, 6) is 1.57. The lowest BCUT2D eigenvalue weighted by Crippen LogP contribution is -2.33. The van der Waals surface area contributed by atoms with Gasteiger partial charge in [-0.2, -0.15) is 0 Å². The minimum absolute atomic E-state index is 0.0511. The Bertz CT molecular complexity index is 927. The number of carbonyl (C=O) groups excluding carboxylic acids is 1. The molecule has 0 radical (unpaired) electrons. The van der Waals surface area contributed by atoms with E-state index in [-0.39, 0.29) is 23.5 Å². The highest BCUT2D eigenvalue weighted by atomic mass is 32.1. The fourth-order valence-electron chi connectivity index (χ4n) is 4.83. The van der Waals surface area contributed by atoms with Crippen LogP contribution in [0.15, 0.2) is 23.6 Å². The number of rotatable bonds is 6. The molecule has 7 nitrogen and oxygen atoms in total. The van der Waals surface area contributed by atoms with Crippen LogP contribution in [0.4, 0.5) is 9.93 Å². The minimum atomic E-state index is -0.348. The second-order valence-electron chi connectivity index (χ2n) is 8.54. The highest BCUT2D eigenvalue weighted by Crippen LogP contribution is 2.47. The zero-order valence-corrected chi connectivity index (χ0v) is 19.5. The van der Waals surface area contributed by atoms with Crippen LogP contribution in [0.25, 0.3) is 0 Å². The molecule has 1 aliphatic heterocycles. The number of anilines is 1. The Hall–Kier alpha value is -2.48. The number of nitrogens with one attached hydrogen (secondary N) is 1. The van der Waals surface area contributed by atoms with Crippen LogP contribution in [-0.4, -0.2) is 56.4 Å². The highest BCUT2D eigenvalue weighted by Gasteiger charge is 2.48. The number of benzene rings is 1. The second kappa shape index (κ2) is 8.94. The fraction of sp³-hybridized carbons (Fsp3) is 0.565. The van der Waals surface area contributed by atoms with Crippen LogP contribution in [0.5, 0.6) is 11.5 Å². The van der Waals surface area contributed by atoms with E-state index in [1.54, 1.807) is 23.3 Å². The van der Waals surface area contributed by atoms with Crippen molar-refractivity contribution in [2.24, 2.45) is 0 Å². The van der Waals surface area contributed by atoms with Crippen molar-refractivity contribution in [3.8, 4) is 11.5 Å². The third kappa shape index (κ3) is 4.18. The monoisotopic (exact) mass is 445 g/mol. The Balaban J connectivity index is 1.71. The maximum atomic E-state index is 12.4. The topological polar surface area (TPSA) is 72.9 Å². The molecule has 2 aromatic rings. The Morgan fingerprint density at radius 1 is 1.26 bits per heavy atom. The molecule has 1 saturated carbocycles. The van der Waals surface area contributed by atoms with E-state index < -0.39 is 0 Å². The first-order chi connectivity index (χ1) is 15.0. The lowest BCUT2D eigenvalue weighted by molar-refractivity contribution is 0.130.